The summed E-state index contributed by atoms with van der Waals surface area (Å²) in [7, 11) is 0. The van der Waals surface area contributed by atoms with E-state index in [9.17, 15) is 14.7 Å². The van der Waals surface area contributed by atoms with Gasteiger partial charge >= 0.3 is 5.97 Å². The average Bonchev–Trinajstić information content (AvgIpc) is 3.30. The first kappa shape index (κ1) is 26.4. The van der Waals surface area contributed by atoms with Crippen LogP contribution in [0.5, 0.6) is 5.75 Å². The summed E-state index contributed by atoms with van der Waals surface area (Å²) in [6.45, 7) is 4.01. The zero-order chi connectivity index (χ0) is 26.9. The Labute approximate surface area is 221 Å². The Morgan fingerprint density at radius 1 is 1.00 bits per heavy atom. The highest BCUT2D eigenvalue weighted by Crippen LogP contribution is 2.22. The van der Waals surface area contributed by atoms with Crippen molar-refractivity contribution in [2.45, 2.75) is 32.7 Å². The normalized spacial score (nSPS) is 12.1. The van der Waals surface area contributed by atoms with E-state index in [1.54, 1.807) is 31.2 Å². The van der Waals surface area contributed by atoms with Crippen molar-refractivity contribution in [1.82, 2.24) is 10.3 Å². The van der Waals surface area contributed by atoms with Gasteiger partial charge in [0.1, 0.15) is 17.6 Å². The van der Waals surface area contributed by atoms with Gasteiger partial charge in [-0.3, -0.25) is 4.79 Å². The molecule has 38 heavy (non-hydrogen) atoms. The van der Waals surface area contributed by atoms with E-state index in [4.69, 9.17) is 9.15 Å². The van der Waals surface area contributed by atoms with Gasteiger partial charge in [-0.1, -0.05) is 60.7 Å². The quantitative estimate of drug-likeness (QED) is 0.188. The first-order valence-corrected chi connectivity index (χ1v) is 12.4. The molecule has 2 N–H and O–H groups in total. The lowest BCUT2D eigenvalue weighted by molar-refractivity contribution is -0.139. The molecule has 1 unspecified atom stereocenters. The van der Waals surface area contributed by atoms with Gasteiger partial charge in [0, 0.05) is 35.7 Å². The summed E-state index contributed by atoms with van der Waals surface area (Å²) < 4.78 is 11.7. The monoisotopic (exact) mass is 510 g/mol. The highest BCUT2D eigenvalue weighted by atomic mass is 16.5. The zero-order valence-corrected chi connectivity index (χ0v) is 21.4. The third kappa shape index (κ3) is 7.20. The number of aryl methyl sites for hydroxylation is 1. The minimum Gasteiger partial charge on any atom is -0.493 e. The molecule has 0 fully saturated rings. The lowest BCUT2D eigenvalue weighted by atomic mass is 10.1. The number of ketones is 1. The van der Waals surface area contributed by atoms with E-state index < -0.39 is 12.0 Å². The summed E-state index contributed by atoms with van der Waals surface area (Å²) in [5.74, 6) is 0.868. The molecule has 4 aromatic rings. The fourth-order valence-electron chi connectivity index (χ4n) is 3.99. The first-order valence-electron chi connectivity index (χ1n) is 12.4. The van der Waals surface area contributed by atoms with Gasteiger partial charge in [-0.15, -0.1) is 0 Å². The van der Waals surface area contributed by atoms with Crippen molar-refractivity contribution in [3.8, 4) is 17.2 Å². The second-order valence-electron chi connectivity index (χ2n) is 8.93. The number of carbonyl (C=O) groups is 2. The number of hydrogen-bond acceptors (Lipinski definition) is 6. The number of nitrogens with one attached hydrogen (secondary N) is 1. The molecular formula is C31H30N2O5. The highest BCUT2D eigenvalue weighted by molar-refractivity contribution is 6.04. The van der Waals surface area contributed by atoms with Crippen LogP contribution in [0, 0.1) is 6.92 Å². The molecule has 7 heteroatoms. The molecule has 0 amide bonds. The molecule has 1 aromatic heterocycles. The van der Waals surface area contributed by atoms with Crippen molar-refractivity contribution in [2.75, 3.05) is 6.61 Å². The van der Waals surface area contributed by atoms with Crippen molar-refractivity contribution >= 4 is 11.8 Å². The predicted molar refractivity (Wildman–Crippen MR) is 145 cm³/mol. The number of hydrogen-bond donors (Lipinski definition) is 2. The smallest absolute Gasteiger partial charge is 0.326 e. The Morgan fingerprint density at radius 3 is 2.32 bits per heavy atom. The number of aromatic nitrogens is 1. The number of aliphatic carboxylic acids is 1. The summed E-state index contributed by atoms with van der Waals surface area (Å²) in [5, 5.41) is 12.6. The molecule has 0 radical (unpaired) electrons. The van der Waals surface area contributed by atoms with Crippen LogP contribution in [-0.2, 0) is 17.6 Å². The van der Waals surface area contributed by atoms with E-state index in [-0.39, 0.29) is 12.2 Å². The standard InChI is InChI=1S/C31H30N2O5/c1-21(19-29(34)24-9-5-3-6-10-24)32-28(31(35)36)20-23-13-15-26(16-14-23)37-18-17-27-22(2)38-30(33-27)25-11-7-4-8-12-25/h3-16,19,28,32H,17-18,20H2,1-2H3,(H,35,36)/b21-19+. The lowest BCUT2D eigenvalue weighted by Crippen LogP contribution is -2.37. The van der Waals surface area contributed by atoms with E-state index in [2.05, 4.69) is 10.3 Å². The van der Waals surface area contributed by atoms with Gasteiger partial charge in [-0.25, -0.2) is 9.78 Å². The minimum atomic E-state index is -0.997. The minimum absolute atomic E-state index is 0.182. The summed E-state index contributed by atoms with van der Waals surface area (Å²) >= 11 is 0. The molecule has 1 atom stereocenters. The van der Waals surface area contributed by atoms with E-state index in [0.717, 1.165) is 22.6 Å². The first-order chi connectivity index (χ1) is 18.4. The fourth-order valence-corrected chi connectivity index (χ4v) is 3.99. The van der Waals surface area contributed by atoms with Gasteiger partial charge in [-0.2, -0.15) is 0 Å². The molecule has 0 aliphatic carbocycles. The SMILES string of the molecule is C/C(=C\C(=O)c1ccccc1)NC(Cc1ccc(OCCc2nc(-c3ccccc3)oc2C)cc1)C(=O)O. The lowest BCUT2D eigenvalue weighted by Gasteiger charge is -2.16. The number of nitrogens with zero attached hydrogens (tertiary/aromatic N) is 1. The second kappa shape index (κ2) is 12.5. The van der Waals surface area contributed by atoms with Crippen LogP contribution >= 0.6 is 0 Å². The van der Waals surface area contributed by atoms with Crippen LogP contribution in [0.3, 0.4) is 0 Å². The van der Waals surface area contributed by atoms with Crippen molar-refractivity contribution in [2.24, 2.45) is 0 Å². The zero-order valence-electron chi connectivity index (χ0n) is 21.4. The number of rotatable bonds is 12. The van der Waals surface area contributed by atoms with E-state index >= 15 is 0 Å². The average molecular weight is 511 g/mol. The van der Waals surface area contributed by atoms with Crippen molar-refractivity contribution < 1.29 is 23.8 Å². The van der Waals surface area contributed by atoms with E-state index in [1.807, 2.05) is 67.6 Å². The molecule has 0 saturated carbocycles. The summed E-state index contributed by atoms with van der Waals surface area (Å²) in [5.41, 5.74) is 3.65. The Hall–Kier alpha value is -4.65. The number of carboxylic acid groups (broad SMARTS) is 1. The van der Waals surface area contributed by atoms with Crippen LogP contribution < -0.4 is 10.1 Å². The molecule has 7 nitrogen and oxygen atoms in total. The highest BCUT2D eigenvalue weighted by Gasteiger charge is 2.18. The Kier molecular flexibility index (Phi) is 8.72. The van der Waals surface area contributed by atoms with Crippen molar-refractivity contribution in [3.63, 3.8) is 0 Å². The summed E-state index contributed by atoms with van der Waals surface area (Å²) in [6.07, 6.45) is 2.27. The number of carboxylic acids is 1. The van der Waals surface area contributed by atoms with E-state index in [0.29, 0.717) is 35.9 Å². The van der Waals surface area contributed by atoms with Crippen molar-refractivity contribution in [1.29, 1.82) is 0 Å². The third-order valence-corrected chi connectivity index (χ3v) is 5.99. The van der Waals surface area contributed by atoms with Gasteiger partial charge in [-0.05, 0) is 43.7 Å². The number of allylic oxidation sites excluding steroid dienone is 2. The Morgan fingerprint density at radius 2 is 1.66 bits per heavy atom. The van der Waals surface area contributed by atoms with Gasteiger partial charge < -0.3 is 19.6 Å². The Balaban J connectivity index is 1.30. The van der Waals surface area contributed by atoms with Gasteiger partial charge in [0.15, 0.2) is 5.78 Å². The summed E-state index contributed by atoms with van der Waals surface area (Å²) in [6, 6.07) is 25.1. The van der Waals surface area contributed by atoms with Crippen LogP contribution in [0.15, 0.2) is 101 Å². The van der Waals surface area contributed by atoms with Gasteiger partial charge in [0.25, 0.3) is 0 Å². The molecule has 0 spiro atoms. The molecule has 1 heterocycles. The predicted octanol–water partition coefficient (Wildman–Crippen LogP) is 5.64. The molecule has 0 aliphatic heterocycles. The van der Waals surface area contributed by atoms with Crippen LogP contribution in [0.1, 0.15) is 34.3 Å². The topological polar surface area (TPSA) is 102 Å². The number of benzene rings is 3. The largest absolute Gasteiger partial charge is 0.493 e. The van der Waals surface area contributed by atoms with E-state index in [1.165, 1.54) is 6.08 Å². The molecule has 3 aromatic carbocycles. The maximum Gasteiger partial charge on any atom is 0.326 e. The van der Waals surface area contributed by atoms with Crippen molar-refractivity contribution in [3.05, 3.63) is 119 Å². The molecule has 0 aliphatic rings. The maximum atomic E-state index is 12.4. The van der Waals surface area contributed by atoms with Crippen LogP contribution in [0.25, 0.3) is 11.5 Å². The van der Waals surface area contributed by atoms with Gasteiger partial charge in [0.2, 0.25) is 5.89 Å². The third-order valence-electron chi connectivity index (χ3n) is 5.99. The Bertz CT molecular complexity index is 1390. The maximum absolute atomic E-state index is 12.4. The molecule has 194 valence electrons. The molecule has 0 bridgehead atoms. The fraction of sp³-hybridized carbons (Fsp3) is 0.194. The number of oxazole rings is 1. The van der Waals surface area contributed by atoms with Crippen LogP contribution in [-0.4, -0.2) is 34.5 Å². The number of ether oxygens (including phenoxy) is 1. The van der Waals surface area contributed by atoms with Gasteiger partial charge in [0.05, 0.1) is 12.3 Å². The molecule has 4 rings (SSSR count). The summed E-state index contributed by atoms with van der Waals surface area (Å²) in [4.78, 5) is 28.8. The molecule has 0 saturated heterocycles. The van der Waals surface area contributed by atoms with Crippen LogP contribution in [0.4, 0.5) is 0 Å². The number of carbonyl (C=O) groups excluding carboxylic acids is 1. The van der Waals surface area contributed by atoms with Crippen LogP contribution in [0.2, 0.25) is 0 Å². The second-order valence-corrected chi connectivity index (χ2v) is 8.93. The molecular weight excluding hydrogens is 480 g/mol.